The summed E-state index contributed by atoms with van der Waals surface area (Å²) < 4.78 is 10.9. The number of hydrogen-bond donors (Lipinski definition) is 1. The number of carbonyl (C=O) groups excluding carboxylic acids is 2. The van der Waals surface area contributed by atoms with Gasteiger partial charge in [-0.05, 0) is 36.2 Å². The topological polar surface area (TPSA) is 67.9 Å². The van der Waals surface area contributed by atoms with Crippen molar-refractivity contribution in [1.29, 1.82) is 0 Å². The number of nitrogens with one attached hydrogen (secondary N) is 1. The molecule has 1 aliphatic heterocycles. The zero-order chi connectivity index (χ0) is 19.6. The first-order valence-corrected chi connectivity index (χ1v) is 9.63. The second-order valence-corrected chi connectivity index (χ2v) is 6.68. The maximum atomic E-state index is 12.3. The van der Waals surface area contributed by atoms with E-state index in [-0.39, 0.29) is 11.8 Å². The Hall–Kier alpha value is -2.86. The van der Waals surface area contributed by atoms with Gasteiger partial charge < -0.3 is 19.7 Å². The second-order valence-electron chi connectivity index (χ2n) is 6.68. The van der Waals surface area contributed by atoms with Gasteiger partial charge in [-0.15, -0.1) is 0 Å². The fourth-order valence-electron chi connectivity index (χ4n) is 2.97. The van der Waals surface area contributed by atoms with Crippen LogP contribution in [0.2, 0.25) is 0 Å². The summed E-state index contributed by atoms with van der Waals surface area (Å²) in [5.41, 5.74) is 1.67. The third-order valence-electron chi connectivity index (χ3n) is 4.52. The minimum absolute atomic E-state index is 0.0474. The fraction of sp³-hybridized carbons (Fsp3) is 0.364. The summed E-state index contributed by atoms with van der Waals surface area (Å²) >= 11 is 0. The van der Waals surface area contributed by atoms with Crippen LogP contribution < -0.4 is 10.1 Å². The molecular formula is C22H26N2O4. The fourth-order valence-corrected chi connectivity index (χ4v) is 2.97. The van der Waals surface area contributed by atoms with Crippen molar-refractivity contribution in [3.63, 3.8) is 0 Å². The molecule has 2 aromatic rings. The van der Waals surface area contributed by atoms with Gasteiger partial charge in [0, 0.05) is 25.2 Å². The molecule has 6 heteroatoms. The first kappa shape index (κ1) is 19.9. The molecule has 1 saturated heterocycles. The van der Waals surface area contributed by atoms with Crippen LogP contribution in [0.25, 0.3) is 0 Å². The number of hydrogen-bond acceptors (Lipinski definition) is 4. The lowest BCUT2D eigenvalue weighted by molar-refractivity contribution is -0.134. The largest absolute Gasteiger partial charge is 0.494 e. The lowest BCUT2D eigenvalue weighted by Gasteiger charge is -2.26. The summed E-state index contributed by atoms with van der Waals surface area (Å²) in [6.45, 7) is 3.02. The zero-order valence-electron chi connectivity index (χ0n) is 15.9. The molecule has 1 heterocycles. The maximum Gasteiger partial charge on any atom is 0.227 e. The highest BCUT2D eigenvalue weighted by molar-refractivity contribution is 5.90. The van der Waals surface area contributed by atoms with Crippen molar-refractivity contribution in [3.05, 3.63) is 60.2 Å². The van der Waals surface area contributed by atoms with E-state index in [0.717, 1.165) is 17.0 Å². The molecule has 0 unspecified atom stereocenters. The Balaban J connectivity index is 1.37. The van der Waals surface area contributed by atoms with Crippen LogP contribution in [0.5, 0.6) is 5.75 Å². The zero-order valence-corrected chi connectivity index (χ0v) is 15.9. The van der Waals surface area contributed by atoms with Crippen LogP contribution in [0, 0.1) is 0 Å². The lowest BCUT2D eigenvalue weighted by atomic mass is 10.1. The van der Waals surface area contributed by atoms with Gasteiger partial charge in [0.2, 0.25) is 11.8 Å². The molecule has 6 nitrogen and oxygen atoms in total. The number of rotatable bonds is 8. The van der Waals surface area contributed by atoms with E-state index in [1.165, 1.54) is 0 Å². The van der Waals surface area contributed by atoms with Crippen LogP contribution in [0.3, 0.4) is 0 Å². The molecule has 3 rings (SSSR count). The van der Waals surface area contributed by atoms with E-state index < -0.39 is 0 Å². The Kier molecular flexibility index (Phi) is 7.44. The van der Waals surface area contributed by atoms with Gasteiger partial charge in [0.25, 0.3) is 0 Å². The molecule has 0 atom stereocenters. The van der Waals surface area contributed by atoms with Gasteiger partial charge in [0.1, 0.15) is 5.75 Å². The number of para-hydroxylation sites is 1. The summed E-state index contributed by atoms with van der Waals surface area (Å²) in [7, 11) is 0. The van der Waals surface area contributed by atoms with E-state index in [1.54, 1.807) is 0 Å². The molecule has 0 spiro atoms. The minimum Gasteiger partial charge on any atom is -0.494 e. The number of ether oxygens (including phenoxy) is 2. The van der Waals surface area contributed by atoms with Crippen LogP contribution in [0.4, 0.5) is 5.69 Å². The third-order valence-corrected chi connectivity index (χ3v) is 4.52. The highest BCUT2D eigenvalue weighted by Crippen LogP contribution is 2.13. The van der Waals surface area contributed by atoms with E-state index >= 15 is 0 Å². The SMILES string of the molecule is O=C(CCCOc1ccccc1)Nc1ccc(CC(=O)N2CCOCC2)cc1. The number of carbonyl (C=O) groups is 2. The van der Waals surface area contributed by atoms with Crippen LogP contribution in [0.15, 0.2) is 54.6 Å². The van der Waals surface area contributed by atoms with E-state index in [0.29, 0.717) is 52.2 Å². The summed E-state index contributed by atoms with van der Waals surface area (Å²) in [6.07, 6.45) is 1.40. The normalized spacial score (nSPS) is 13.8. The molecule has 2 aromatic carbocycles. The maximum absolute atomic E-state index is 12.3. The van der Waals surface area contributed by atoms with Gasteiger partial charge in [-0.25, -0.2) is 0 Å². The molecule has 0 bridgehead atoms. The standard InChI is InChI=1S/C22H26N2O4/c25-21(7-4-14-28-20-5-2-1-3-6-20)23-19-10-8-18(9-11-19)17-22(26)24-12-15-27-16-13-24/h1-3,5-6,8-11H,4,7,12-17H2,(H,23,25). The molecule has 2 amide bonds. The molecule has 28 heavy (non-hydrogen) atoms. The van der Waals surface area contributed by atoms with E-state index in [4.69, 9.17) is 9.47 Å². The molecule has 0 saturated carbocycles. The summed E-state index contributed by atoms with van der Waals surface area (Å²) in [5, 5.41) is 2.88. The first-order valence-electron chi connectivity index (χ1n) is 9.63. The molecule has 1 N–H and O–H groups in total. The van der Waals surface area contributed by atoms with Gasteiger partial charge in [0.05, 0.1) is 26.2 Å². The predicted molar refractivity (Wildman–Crippen MR) is 107 cm³/mol. The Morgan fingerprint density at radius 2 is 1.71 bits per heavy atom. The molecule has 1 aliphatic rings. The van der Waals surface area contributed by atoms with Crippen LogP contribution >= 0.6 is 0 Å². The van der Waals surface area contributed by atoms with Crippen molar-refractivity contribution in [3.8, 4) is 5.75 Å². The van der Waals surface area contributed by atoms with Gasteiger partial charge in [0.15, 0.2) is 0 Å². The van der Waals surface area contributed by atoms with Crippen LogP contribution in [0.1, 0.15) is 18.4 Å². The van der Waals surface area contributed by atoms with Crippen LogP contribution in [-0.2, 0) is 20.7 Å². The Bertz CT molecular complexity index is 756. The van der Waals surface area contributed by atoms with E-state index in [1.807, 2.05) is 59.5 Å². The second kappa shape index (κ2) is 10.5. The van der Waals surface area contributed by atoms with Gasteiger partial charge in [-0.1, -0.05) is 30.3 Å². The average molecular weight is 382 g/mol. The number of benzene rings is 2. The Morgan fingerprint density at radius 1 is 1.00 bits per heavy atom. The summed E-state index contributed by atoms with van der Waals surface area (Å²) in [4.78, 5) is 26.2. The highest BCUT2D eigenvalue weighted by Gasteiger charge is 2.16. The minimum atomic E-state index is -0.0474. The van der Waals surface area contributed by atoms with E-state index in [9.17, 15) is 9.59 Å². The smallest absolute Gasteiger partial charge is 0.227 e. The van der Waals surface area contributed by atoms with Crippen molar-refractivity contribution in [2.75, 3.05) is 38.2 Å². The molecule has 0 radical (unpaired) electrons. The lowest BCUT2D eigenvalue weighted by Crippen LogP contribution is -2.41. The third kappa shape index (κ3) is 6.39. The summed E-state index contributed by atoms with van der Waals surface area (Å²) in [5.74, 6) is 0.873. The number of nitrogens with zero attached hydrogens (tertiary/aromatic N) is 1. The Labute approximate surface area is 165 Å². The molecule has 148 valence electrons. The average Bonchev–Trinajstić information content (AvgIpc) is 2.74. The molecule has 0 aromatic heterocycles. The van der Waals surface area contributed by atoms with E-state index in [2.05, 4.69) is 5.32 Å². The quantitative estimate of drug-likeness (QED) is 0.713. The van der Waals surface area contributed by atoms with Crippen molar-refractivity contribution in [2.24, 2.45) is 0 Å². The van der Waals surface area contributed by atoms with Crippen molar-refractivity contribution in [1.82, 2.24) is 4.90 Å². The number of morpholine rings is 1. The molecule has 1 fully saturated rings. The van der Waals surface area contributed by atoms with Gasteiger partial charge in [-0.2, -0.15) is 0 Å². The number of amides is 2. The summed E-state index contributed by atoms with van der Waals surface area (Å²) in [6, 6.07) is 17.0. The van der Waals surface area contributed by atoms with Crippen LogP contribution in [-0.4, -0.2) is 49.6 Å². The molecule has 0 aliphatic carbocycles. The van der Waals surface area contributed by atoms with Crippen molar-refractivity contribution < 1.29 is 19.1 Å². The van der Waals surface area contributed by atoms with Gasteiger partial charge in [-0.3, -0.25) is 9.59 Å². The highest BCUT2D eigenvalue weighted by atomic mass is 16.5. The van der Waals surface area contributed by atoms with Crippen molar-refractivity contribution in [2.45, 2.75) is 19.3 Å². The number of anilines is 1. The first-order chi connectivity index (χ1) is 13.7. The molecular weight excluding hydrogens is 356 g/mol. The van der Waals surface area contributed by atoms with Crippen molar-refractivity contribution >= 4 is 17.5 Å². The Morgan fingerprint density at radius 3 is 2.43 bits per heavy atom. The predicted octanol–water partition coefficient (Wildman–Crippen LogP) is 2.89. The monoisotopic (exact) mass is 382 g/mol. The van der Waals surface area contributed by atoms with Gasteiger partial charge >= 0.3 is 0 Å².